The molecule has 1 aromatic rings. The number of nitrogens with two attached hydrogens (primary N) is 1. The maximum atomic E-state index is 5.55. The second kappa shape index (κ2) is 7.38. The van der Waals surface area contributed by atoms with Crippen LogP contribution in [0, 0.1) is 17.9 Å². The summed E-state index contributed by atoms with van der Waals surface area (Å²) in [6.45, 7) is 6.63. The molecular weight excluding hydrogens is 311 g/mol. The quantitative estimate of drug-likeness (QED) is 0.633. The van der Waals surface area contributed by atoms with Gasteiger partial charge in [-0.15, -0.1) is 12.0 Å². The normalized spacial score (nSPS) is 16.1. The third-order valence-corrected chi connectivity index (χ3v) is 3.36. The SMILES string of the molecule is CC(C)(C#Cc1c[c-]c(N)cn1)N1CCCCC1.[Y]. The minimum atomic E-state index is -0.0938. The predicted octanol–water partition coefficient (Wildman–Crippen LogP) is 2.08. The van der Waals surface area contributed by atoms with E-state index in [0.717, 1.165) is 18.8 Å². The molecule has 4 heteroatoms. The first-order valence-corrected chi connectivity index (χ1v) is 6.49. The Labute approximate surface area is 141 Å². The molecule has 3 nitrogen and oxygen atoms in total. The number of likely N-dealkylation sites (tertiary alicyclic amines) is 1. The summed E-state index contributed by atoms with van der Waals surface area (Å²) >= 11 is 0. The zero-order valence-corrected chi connectivity index (χ0v) is 14.6. The molecule has 0 aromatic carbocycles. The Bertz CT molecular complexity index is 451. The second-order valence-corrected chi connectivity index (χ2v) is 5.24. The van der Waals surface area contributed by atoms with Gasteiger partial charge < -0.3 is 10.7 Å². The molecule has 1 aliphatic heterocycles. The summed E-state index contributed by atoms with van der Waals surface area (Å²) in [6, 6.07) is 4.66. The van der Waals surface area contributed by atoms with Crippen LogP contribution in [0.15, 0.2) is 12.3 Å². The molecule has 1 aliphatic rings. The van der Waals surface area contributed by atoms with Crippen molar-refractivity contribution >= 4 is 5.69 Å². The molecular formula is C15H20N3Y-. The third-order valence-electron chi connectivity index (χ3n) is 3.36. The number of rotatable bonds is 1. The van der Waals surface area contributed by atoms with E-state index in [1.165, 1.54) is 19.3 Å². The van der Waals surface area contributed by atoms with Gasteiger partial charge in [0.2, 0.25) is 0 Å². The van der Waals surface area contributed by atoms with E-state index in [1.807, 2.05) is 0 Å². The smallest absolute Gasteiger partial charge is 0.0762 e. The number of pyridine rings is 1. The van der Waals surface area contributed by atoms with E-state index < -0.39 is 0 Å². The molecule has 2 heterocycles. The van der Waals surface area contributed by atoms with Crippen molar-refractivity contribution < 1.29 is 32.7 Å². The van der Waals surface area contributed by atoms with Gasteiger partial charge >= 0.3 is 0 Å². The van der Waals surface area contributed by atoms with Crippen LogP contribution in [-0.2, 0) is 32.7 Å². The van der Waals surface area contributed by atoms with E-state index in [9.17, 15) is 0 Å². The molecule has 1 saturated heterocycles. The molecule has 0 aliphatic carbocycles. The molecule has 0 spiro atoms. The average molecular weight is 331 g/mol. The summed E-state index contributed by atoms with van der Waals surface area (Å²) in [5.74, 6) is 6.44. The number of nitrogens with zero attached hydrogens (tertiary/aromatic N) is 2. The van der Waals surface area contributed by atoms with Gasteiger partial charge in [-0.25, -0.2) is 0 Å². The molecule has 0 saturated carbocycles. The Balaban J connectivity index is 0.00000180. The number of hydrogen-bond acceptors (Lipinski definition) is 3. The van der Waals surface area contributed by atoms with Crippen LogP contribution < -0.4 is 5.73 Å². The zero-order valence-electron chi connectivity index (χ0n) is 11.7. The van der Waals surface area contributed by atoms with E-state index in [1.54, 1.807) is 12.3 Å². The Kier molecular flexibility index (Phi) is 6.46. The molecule has 99 valence electrons. The first-order chi connectivity index (χ1) is 8.58. The van der Waals surface area contributed by atoms with Gasteiger partial charge in [-0.1, -0.05) is 24.2 Å². The van der Waals surface area contributed by atoms with E-state index >= 15 is 0 Å². The van der Waals surface area contributed by atoms with Crippen molar-refractivity contribution in [1.82, 2.24) is 9.88 Å². The number of piperidine rings is 1. The van der Waals surface area contributed by atoms with E-state index in [0.29, 0.717) is 5.69 Å². The van der Waals surface area contributed by atoms with Gasteiger partial charge in [0.15, 0.2) is 0 Å². The molecule has 1 radical (unpaired) electrons. The molecule has 2 rings (SSSR count). The van der Waals surface area contributed by atoms with Crippen LogP contribution in [0.3, 0.4) is 0 Å². The Hall–Kier alpha value is -0.426. The largest absolute Gasteiger partial charge is 0.418 e. The Morgan fingerprint density at radius 2 is 2.00 bits per heavy atom. The molecule has 0 unspecified atom stereocenters. The van der Waals surface area contributed by atoms with Crippen molar-refractivity contribution in [1.29, 1.82) is 0 Å². The molecule has 1 aromatic heterocycles. The minimum absolute atomic E-state index is 0. The number of anilines is 1. The zero-order chi connectivity index (χ0) is 13.0. The van der Waals surface area contributed by atoms with Gasteiger partial charge in [0.05, 0.1) is 5.54 Å². The van der Waals surface area contributed by atoms with Gasteiger partial charge in [0.1, 0.15) is 0 Å². The van der Waals surface area contributed by atoms with Gasteiger partial charge in [0.25, 0.3) is 0 Å². The fourth-order valence-corrected chi connectivity index (χ4v) is 2.18. The molecule has 2 N–H and O–H groups in total. The Morgan fingerprint density at radius 3 is 2.58 bits per heavy atom. The number of aromatic nitrogens is 1. The van der Waals surface area contributed by atoms with Gasteiger partial charge in [-0.05, 0) is 45.5 Å². The van der Waals surface area contributed by atoms with Crippen molar-refractivity contribution in [3.63, 3.8) is 0 Å². The molecule has 1 fully saturated rings. The summed E-state index contributed by atoms with van der Waals surface area (Å²) in [6.07, 6.45) is 5.49. The molecule has 0 amide bonds. The van der Waals surface area contributed by atoms with Crippen LogP contribution >= 0.6 is 0 Å². The van der Waals surface area contributed by atoms with Crippen LogP contribution in [0.2, 0.25) is 0 Å². The first-order valence-electron chi connectivity index (χ1n) is 6.49. The van der Waals surface area contributed by atoms with Crippen molar-refractivity contribution in [3.8, 4) is 11.8 Å². The van der Waals surface area contributed by atoms with Crippen molar-refractivity contribution in [2.45, 2.75) is 38.6 Å². The molecule has 0 bridgehead atoms. The van der Waals surface area contributed by atoms with Crippen LogP contribution in [0.5, 0.6) is 0 Å². The van der Waals surface area contributed by atoms with E-state index in [-0.39, 0.29) is 38.2 Å². The molecule has 19 heavy (non-hydrogen) atoms. The summed E-state index contributed by atoms with van der Waals surface area (Å²) < 4.78 is 0. The first kappa shape index (κ1) is 16.6. The van der Waals surface area contributed by atoms with Crippen molar-refractivity contribution in [2.24, 2.45) is 0 Å². The number of nitrogen functional groups attached to an aromatic ring is 1. The van der Waals surface area contributed by atoms with Gasteiger partial charge in [-0.2, -0.15) is 6.07 Å². The Morgan fingerprint density at radius 1 is 1.32 bits per heavy atom. The second-order valence-electron chi connectivity index (χ2n) is 5.24. The van der Waals surface area contributed by atoms with Gasteiger partial charge in [0, 0.05) is 32.7 Å². The monoisotopic (exact) mass is 331 g/mol. The van der Waals surface area contributed by atoms with E-state index in [2.05, 4.69) is 41.6 Å². The fourth-order valence-electron chi connectivity index (χ4n) is 2.18. The summed E-state index contributed by atoms with van der Waals surface area (Å²) in [5, 5.41) is 0. The van der Waals surface area contributed by atoms with Crippen LogP contribution in [0.4, 0.5) is 5.69 Å². The molecule has 0 atom stereocenters. The van der Waals surface area contributed by atoms with Crippen molar-refractivity contribution in [2.75, 3.05) is 18.8 Å². The topological polar surface area (TPSA) is 42.1 Å². The third kappa shape index (κ3) is 4.87. The summed E-state index contributed by atoms with van der Waals surface area (Å²) in [5.41, 5.74) is 6.74. The number of hydrogen-bond donors (Lipinski definition) is 1. The summed E-state index contributed by atoms with van der Waals surface area (Å²) in [4.78, 5) is 6.63. The predicted molar refractivity (Wildman–Crippen MR) is 73.9 cm³/mol. The van der Waals surface area contributed by atoms with Gasteiger partial charge in [-0.3, -0.25) is 4.90 Å². The van der Waals surface area contributed by atoms with Crippen LogP contribution in [0.1, 0.15) is 38.8 Å². The van der Waals surface area contributed by atoms with Crippen molar-refractivity contribution in [3.05, 3.63) is 24.0 Å². The maximum Gasteiger partial charge on any atom is 0.0762 e. The average Bonchev–Trinajstić information content (AvgIpc) is 2.39. The minimum Gasteiger partial charge on any atom is -0.418 e. The summed E-state index contributed by atoms with van der Waals surface area (Å²) in [7, 11) is 0. The fraction of sp³-hybridized carbons (Fsp3) is 0.533. The van der Waals surface area contributed by atoms with E-state index in [4.69, 9.17) is 5.73 Å². The standard InChI is InChI=1S/C15H20N3.Y/c1-15(2,18-10-4-3-5-11-18)9-8-14-7-6-13(16)12-17-14;/h7,12H,3-5,10-11,16H2,1-2H3;/q-1;. The van der Waals surface area contributed by atoms with Crippen LogP contribution in [-0.4, -0.2) is 28.5 Å². The maximum absolute atomic E-state index is 5.55. The van der Waals surface area contributed by atoms with Crippen LogP contribution in [0.25, 0.3) is 0 Å².